The van der Waals surface area contributed by atoms with Gasteiger partial charge in [-0.2, -0.15) is 0 Å². The van der Waals surface area contributed by atoms with Crippen LogP contribution in [0.2, 0.25) is 0 Å². The lowest BCUT2D eigenvalue weighted by molar-refractivity contribution is -0.154. The maximum Gasteiger partial charge on any atom is 0.306 e. The normalized spacial score (nSPS) is 51.2. The molecule has 1 heterocycles. The van der Waals surface area contributed by atoms with Crippen molar-refractivity contribution in [3.05, 3.63) is 0 Å². The second-order valence-corrected chi connectivity index (χ2v) is 5.50. The number of esters is 1. The lowest BCUT2D eigenvalue weighted by Crippen LogP contribution is -2.42. The number of hydrogen-bond donors (Lipinski definition) is 0. The predicted octanol–water partition coefficient (Wildman–Crippen LogP) is 2.52. The van der Waals surface area contributed by atoms with Crippen LogP contribution in [0, 0.1) is 17.8 Å². The van der Waals surface area contributed by atoms with Gasteiger partial charge >= 0.3 is 5.97 Å². The number of carbonyl (C=O) groups is 1. The van der Waals surface area contributed by atoms with E-state index in [0.29, 0.717) is 18.3 Å². The van der Waals surface area contributed by atoms with Crippen LogP contribution in [0.4, 0.5) is 0 Å². The first-order valence-corrected chi connectivity index (χ1v) is 5.92. The lowest BCUT2D eigenvalue weighted by Gasteiger charge is -2.39. The smallest absolute Gasteiger partial charge is 0.306 e. The Labute approximate surface area is 85.0 Å². The van der Waals surface area contributed by atoms with E-state index < -0.39 is 0 Å². The molecule has 2 aliphatic carbocycles. The van der Waals surface area contributed by atoms with Crippen molar-refractivity contribution in [3.8, 4) is 0 Å². The average Bonchev–Trinajstić information content (AvgIpc) is 2.57. The SMILES string of the molecule is C[C@H]1C[C@H]2CCC[C@H]3CC(=O)O[C@@]23C1. The maximum absolute atomic E-state index is 11.4. The van der Waals surface area contributed by atoms with E-state index in [9.17, 15) is 4.79 Å². The summed E-state index contributed by atoms with van der Waals surface area (Å²) in [5.41, 5.74) is -0.00521. The summed E-state index contributed by atoms with van der Waals surface area (Å²) >= 11 is 0. The molecule has 4 atom stereocenters. The first-order valence-electron chi connectivity index (χ1n) is 5.92. The van der Waals surface area contributed by atoms with Crippen molar-refractivity contribution in [2.24, 2.45) is 17.8 Å². The van der Waals surface area contributed by atoms with Crippen LogP contribution < -0.4 is 0 Å². The van der Waals surface area contributed by atoms with Crippen molar-refractivity contribution in [2.75, 3.05) is 0 Å². The topological polar surface area (TPSA) is 26.3 Å². The van der Waals surface area contributed by atoms with E-state index in [1.54, 1.807) is 0 Å². The van der Waals surface area contributed by atoms with Crippen molar-refractivity contribution in [1.82, 2.24) is 0 Å². The van der Waals surface area contributed by atoms with Gasteiger partial charge in [0.05, 0.1) is 6.42 Å². The fraction of sp³-hybridized carbons (Fsp3) is 0.917. The van der Waals surface area contributed by atoms with Gasteiger partial charge in [0.15, 0.2) is 0 Å². The van der Waals surface area contributed by atoms with E-state index in [-0.39, 0.29) is 11.6 Å². The minimum atomic E-state index is -0.00521. The van der Waals surface area contributed by atoms with Crippen molar-refractivity contribution in [3.63, 3.8) is 0 Å². The Hall–Kier alpha value is -0.530. The van der Waals surface area contributed by atoms with Crippen LogP contribution in [-0.4, -0.2) is 11.6 Å². The fourth-order valence-corrected chi connectivity index (χ4v) is 4.13. The highest BCUT2D eigenvalue weighted by molar-refractivity contribution is 5.73. The molecule has 0 aromatic heterocycles. The van der Waals surface area contributed by atoms with Crippen molar-refractivity contribution in [2.45, 2.75) is 51.0 Å². The van der Waals surface area contributed by atoms with E-state index in [1.807, 2.05) is 0 Å². The van der Waals surface area contributed by atoms with Gasteiger partial charge in [0, 0.05) is 5.92 Å². The molecule has 3 rings (SSSR count). The fourth-order valence-electron chi connectivity index (χ4n) is 4.13. The summed E-state index contributed by atoms with van der Waals surface area (Å²) < 4.78 is 5.71. The molecule has 3 aliphatic rings. The van der Waals surface area contributed by atoms with Crippen LogP contribution in [0.5, 0.6) is 0 Å². The number of rotatable bonds is 0. The summed E-state index contributed by atoms with van der Waals surface area (Å²) in [6.45, 7) is 2.30. The van der Waals surface area contributed by atoms with Crippen molar-refractivity contribution < 1.29 is 9.53 Å². The molecule has 2 nitrogen and oxygen atoms in total. The second kappa shape index (κ2) is 2.74. The van der Waals surface area contributed by atoms with Crippen LogP contribution in [0.1, 0.15) is 45.4 Å². The van der Waals surface area contributed by atoms with Gasteiger partial charge in [-0.05, 0) is 37.5 Å². The van der Waals surface area contributed by atoms with Crippen LogP contribution in [0.15, 0.2) is 0 Å². The van der Waals surface area contributed by atoms with Crippen LogP contribution in [0.3, 0.4) is 0 Å². The molecule has 0 aromatic rings. The highest BCUT2D eigenvalue weighted by atomic mass is 16.6. The Bertz CT molecular complexity index is 273. The van der Waals surface area contributed by atoms with Crippen molar-refractivity contribution in [1.29, 1.82) is 0 Å². The molecular weight excluding hydrogens is 176 g/mol. The number of hydrogen-bond acceptors (Lipinski definition) is 2. The molecule has 0 radical (unpaired) electrons. The maximum atomic E-state index is 11.4. The van der Waals surface area contributed by atoms with Crippen LogP contribution >= 0.6 is 0 Å². The highest BCUT2D eigenvalue weighted by Crippen LogP contribution is 2.56. The lowest BCUT2D eigenvalue weighted by atomic mass is 9.70. The largest absolute Gasteiger partial charge is 0.458 e. The highest BCUT2D eigenvalue weighted by Gasteiger charge is 2.59. The zero-order chi connectivity index (χ0) is 9.76. The number of carbonyl (C=O) groups excluding carboxylic acids is 1. The Morgan fingerprint density at radius 3 is 3.00 bits per heavy atom. The molecule has 0 amide bonds. The second-order valence-electron chi connectivity index (χ2n) is 5.50. The summed E-state index contributed by atoms with van der Waals surface area (Å²) in [6, 6.07) is 0. The minimum absolute atomic E-state index is 0.00521. The molecule has 78 valence electrons. The van der Waals surface area contributed by atoms with Gasteiger partial charge in [-0.15, -0.1) is 0 Å². The zero-order valence-electron chi connectivity index (χ0n) is 8.79. The molecule has 0 aromatic carbocycles. The first-order chi connectivity index (χ1) is 6.71. The summed E-state index contributed by atoms with van der Waals surface area (Å²) in [7, 11) is 0. The van der Waals surface area contributed by atoms with Gasteiger partial charge in [0.1, 0.15) is 5.60 Å². The zero-order valence-corrected chi connectivity index (χ0v) is 8.79. The first kappa shape index (κ1) is 8.75. The third-order valence-corrected chi connectivity index (χ3v) is 4.56. The van der Waals surface area contributed by atoms with Crippen LogP contribution in [-0.2, 0) is 9.53 Å². The van der Waals surface area contributed by atoms with E-state index in [1.165, 1.54) is 25.7 Å². The molecule has 3 fully saturated rings. The standard InChI is InChI=1S/C12H18O2/c1-8-5-9-3-2-4-10-6-11(13)14-12(9,10)7-8/h8-10H,2-7H2,1H3/t8-,9+,10-,12-/m0/s1. The molecule has 1 aliphatic heterocycles. The predicted molar refractivity (Wildman–Crippen MR) is 52.7 cm³/mol. The summed E-state index contributed by atoms with van der Waals surface area (Å²) in [5.74, 6) is 2.06. The van der Waals surface area contributed by atoms with Gasteiger partial charge in [-0.3, -0.25) is 4.79 Å². The molecular formula is C12H18O2. The molecule has 1 saturated heterocycles. The Balaban J connectivity index is 1.95. The minimum Gasteiger partial charge on any atom is -0.458 e. The van der Waals surface area contributed by atoms with Gasteiger partial charge in [0.2, 0.25) is 0 Å². The molecule has 0 N–H and O–H groups in total. The molecule has 2 heteroatoms. The molecule has 0 bridgehead atoms. The van der Waals surface area contributed by atoms with Gasteiger partial charge in [-0.1, -0.05) is 13.3 Å². The van der Waals surface area contributed by atoms with E-state index >= 15 is 0 Å². The van der Waals surface area contributed by atoms with Gasteiger partial charge in [-0.25, -0.2) is 0 Å². The van der Waals surface area contributed by atoms with Crippen LogP contribution in [0.25, 0.3) is 0 Å². The van der Waals surface area contributed by atoms with E-state index in [0.717, 1.165) is 12.3 Å². The molecule has 14 heavy (non-hydrogen) atoms. The molecule has 2 saturated carbocycles. The Morgan fingerprint density at radius 2 is 2.14 bits per heavy atom. The Morgan fingerprint density at radius 1 is 1.36 bits per heavy atom. The van der Waals surface area contributed by atoms with Gasteiger partial charge in [0.25, 0.3) is 0 Å². The molecule has 0 unspecified atom stereocenters. The third-order valence-electron chi connectivity index (χ3n) is 4.56. The number of ether oxygens (including phenoxy) is 1. The summed E-state index contributed by atoms with van der Waals surface area (Å²) in [4.78, 5) is 11.4. The summed E-state index contributed by atoms with van der Waals surface area (Å²) in [5, 5.41) is 0. The summed E-state index contributed by atoms with van der Waals surface area (Å²) in [6.07, 6.45) is 6.92. The third kappa shape index (κ3) is 0.999. The average molecular weight is 194 g/mol. The Kier molecular flexibility index (Phi) is 1.71. The molecule has 1 spiro atoms. The van der Waals surface area contributed by atoms with Gasteiger partial charge < -0.3 is 4.74 Å². The van der Waals surface area contributed by atoms with E-state index in [2.05, 4.69) is 6.92 Å². The monoisotopic (exact) mass is 194 g/mol. The quantitative estimate of drug-likeness (QED) is 0.554. The van der Waals surface area contributed by atoms with Crippen molar-refractivity contribution >= 4 is 5.97 Å². The van der Waals surface area contributed by atoms with E-state index in [4.69, 9.17) is 4.74 Å².